The molecule has 0 aliphatic rings. The van der Waals surface area contributed by atoms with Gasteiger partial charge in [0.2, 0.25) is 5.91 Å². The zero-order valence-electron chi connectivity index (χ0n) is 15.5. The molecule has 0 fully saturated rings. The van der Waals surface area contributed by atoms with Crippen LogP contribution in [0.3, 0.4) is 0 Å². The fraction of sp³-hybridized carbons (Fsp3) is 0.300. The molecule has 7 nitrogen and oxygen atoms in total. The van der Waals surface area contributed by atoms with Gasteiger partial charge in [0.25, 0.3) is 5.91 Å². The van der Waals surface area contributed by atoms with Crippen LogP contribution in [0.1, 0.15) is 18.4 Å². The second-order valence-corrected chi connectivity index (χ2v) is 5.83. The summed E-state index contributed by atoms with van der Waals surface area (Å²) in [6.45, 7) is 2.15. The summed E-state index contributed by atoms with van der Waals surface area (Å²) in [6.07, 6.45) is 0.753. The summed E-state index contributed by atoms with van der Waals surface area (Å²) < 4.78 is 16.0. The van der Waals surface area contributed by atoms with Crippen LogP contribution < -0.4 is 25.1 Å². The number of ether oxygens (including phenoxy) is 3. The van der Waals surface area contributed by atoms with Crippen molar-refractivity contribution in [3.63, 3.8) is 0 Å². The molecule has 7 heteroatoms. The molecule has 0 unspecified atom stereocenters. The summed E-state index contributed by atoms with van der Waals surface area (Å²) in [4.78, 5) is 23.4. The lowest BCUT2D eigenvalue weighted by molar-refractivity contribution is -0.130. The highest BCUT2D eigenvalue weighted by molar-refractivity contribution is 5.82. The van der Waals surface area contributed by atoms with Crippen molar-refractivity contribution in [2.75, 3.05) is 20.3 Å². The van der Waals surface area contributed by atoms with E-state index in [1.54, 1.807) is 37.4 Å². The fourth-order valence-corrected chi connectivity index (χ4v) is 2.19. The fourth-order valence-electron chi connectivity index (χ4n) is 2.19. The number of hydrogen-bond donors (Lipinski definition) is 2. The second kappa shape index (κ2) is 10.7. The van der Waals surface area contributed by atoms with Gasteiger partial charge in [-0.15, -0.1) is 0 Å². The zero-order valence-corrected chi connectivity index (χ0v) is 15.5. The van der Waals surface area contributed by atoms with Crippen molar-refractivity contribution >= 4 is 11.8 Å². The molecule has 0 saturated carbocycles. The number of hydrazine groups is 1. The predicted octanol–water partition coefficient (Wildman–Crippen LogP) is 2.39. The van der Waals surface area contributed by atoms with E-state index in [4.69, 9.17) is 14.2 Å². The third kappa shape index (κ3) is 7.68. The Bertz CT molecular complexity index is 746. The molecule has 0 spiro atoms. The van der Waals surface area contributed by atoms with Gasteiger partial charge in [-0.05, 0) is 55.3 Å². The number of methoxy groups -OCH3 is 1. The molecule has 2 amide bonds. The first-order valence-electron chi connectivity index (χ1n) is 8.61. The van der Waals surface area contributed by atoms with Gasteiger partial charge in [-0.25, -0.2) is 0 Å². The highest BCUT2D eigenvalue weighted by Crippen LogP contribution is 2.17. The first-order valence-corrected chi connectivity index (χ1v) is 8.61. The van der Waals surface area contributed by atoms with Crippen molar-refractivity contribution in [2.24, 2.45) is 0 Å². The third-order valence-electron chi connectivity index (χ3n) is 3.58. The smallest absolute Gasteiger partial charge is 0.276 e. The average molecular weight is 372 g/mol. The van der Waals surface area contributed by atoms with E-state index in [-0.39, 0.29) is 18.9 Å². The molecule has 0 bridgehead atoms. The van der Waals surface area contributed by atoms with E-state index in [0.29, 0.717) is 24.5 Å². The maximum atomic E-state index is 11.7. The molecular weight excluding hydrogens is 348 g/mol. The zero-order chi connectivity index (χ0) is 19.5. The van der Waals surface area contributed by atoms with Gasteiger partial charge in [0.05, 0.1) is 13.7 Å². The van der Waals surface area contributed by atoms with E-state index < -0.39 is 5.91 Å². The van der Waals surface area contributed by atoms with Crippen molar-refractivity contribution in [1.29, 1.82) is 0 Å². The van der Waals surface area contributed by atoms with E-state index in [2.05, 4.69) is 10.9 Å². The van der Waals surface area contributed by atoms with Crippen molar-refractivity contribution in [1.82, 2.24) is 10.9 Å². The van der Waals surface area contributed by atoms with Gasteiger partial charge in [0.1, 0.15) is 17.2 Å². The third-order valence-corrected chi connectivity index (χ3v) is 3.58. The van der Waals surface area contributed by atoms with Crippen LogP contribution in [0.25, 0.3) is 0 Å². The molecule has 2 rings (SSSR count). The average Bonchev–Trinajstić information content (AvgIpc) is 2.68. The van der Waals surface area contributed by atoms with Crippen LogP contribution in [0.15, 0.2) is 48.5 Å². The van der Waals surface area contributed by atoms with Gasteiger partial charge in [0.15, 0.2) is 6.61 Å². The highest BCUT2D eigenvalue weighted by Gasteiger charge is 2.06. The van der Waals surface area contributed by atoms with Crippen molar-refractivity contribution in [2.45, 2.75) is 19.8 Å². The first kappa shape index (κ1) is 20.1. The van der Waals surface area contributed by atoms with E-state index >= 15 is 0 Å². The Morgan fingerprint density at radius 1 is 0.889 bits per heavy atom. The number of benzene rings is 2. The highest BCUT2D eigenvalue weighted by atomic mass is 16.5. The Labute approximate surface area is 158 Å². The van der Waals surface area contributed by atoms with Crippen LogP contribution in [0.4, 0.5) is 0 Å². The Hall–Kier alpha value is -3.22. The minimum Gasteiger partial charge on any atom is -0.497 e. The molecule has 0 saturated heterocycles. The van der Waals surface area contributed by atoms with E-state index in [0.717, 1.165) is 11.3 Å². The number of carbonyl (C=O) groups excluding carboxylic acids is 2. The molecule has 0 radical (unpaired) electrons. The molecule has 27 heavy (non-hydrogen) atoms. The Balaban J connectivity index is 1.56. The van der Waals surface area contributed by atoms with Gasteiger partial charge in [-0.2, -0.15) is 0 Å². The summed E-state index contributed by atoms with van der Waals surface area (Å²) in [5.41, 5.74) is 5.71. The number of amides is 2. The largest absolute Gasteiger partial charge is 0.497 e. The van der Waals surface area contributed by atoms with E-state index in [1.165, 1.54) is 0 Å². The normalized spacial score (nSPS) is 10.0. The van der Waals surface area contributed by atoms with Gasteiger partial charge in [-0.3, -0.25) is 20.4 Å². The van der Waals surface area contributed by atoms with Crippen LogP contribution in [-0.2, 0) is 9.59 Å². The van der Waals surface area contributed by atoms with Gasteiger partial charge < -0.3 is 14.2 Å². The van der Waals surface area contributed by atoms with Gasteiger partial charge in [-0.1, -0.05) is 12.1 Å². The van der Waals surface area contributed by atoms with Crippen LogP contribution in [0.5, 0.6) is 17.2 Å². The van der Waals surface area contributed by atoms with Crippen LogP contribution >= 0.6 is 0 Å². The van der Waals surface area contributed by atoms with Gasteiger partial charge in [0, 0.05) is 6.42 Å². The Morgan fingerprint density at radius 3 is 2.30 bits per heavy atom. The summed E-state index contributed by atoms with van der Waals surface area (Å²) in [5, 5.41) is 0. The Morgan fingerprint density at radius 2 is 1.59 bits per heavy atom. The molecule has 2 aromatic rings. The lowest BCUT2D eigenvalue weighted by Crippen LogP contribution is -2.43. The van der Waals surface area contributed by atoms with Crippen molar-refractivity contribution in [3.05, 3.63) is 54.1 Å². The second-order valence-electron chi connectivity index (χ2n) is 5.83. The minimum absolute atomic E-state index is 0.176. The number of aryl methyl sites for hydroxylation is 1. The monoisotopic (exact) mass is 372 g/mol. The SMILES string of the molecule is COc1ccc(OCCCC(=O)NNC(=O)COc2cccc(C)c2)cc1. The molecule has 144 valence electrons. The maximum Gasteiger partial charge on any atom is 0.276 e. The van der Waals surface area contributed by atoms with Crippen molar-refractivity contribution in [3.8, 4) is 17.2 Å². The van der Waals surface area contributed by atoms with Crippen LogP contribution in [0.2, 0.25) is 0 Å². The molecule has 0 atom stereocenters. The molecule has 2 N–H and O–H groups in total. The quantitative estimate of drug-likeness (QED) is 0.521. The number of nitrogens with one attached hydrogen (secondary N) is 2. The summed E-state index contributed by atoms with van der Waals surface area (Å²) in [7, 11) is 1.60. The minimum atomic E-state index is -0.431. The maximum absolute atomic E-state index is 11.7. The van der Waals surface area contributed by atoms with Crippen LogP contribution in [-0.4, -0.2) is 32.1 Å². The molecule has 0 aliphatic heterocycles. The molecular formula is C20H24N2O5. The lowest BCUT2D eigenvalue weighted by Gasteiger charge is -2.10. The first-order chi connectivity index (χ1) is 13.1. The summed E-state index contributed by atoms with van der Waals surface area (Å²) >= 11 is 0. The Kier molecular flexibility index (Phi) is 7.96. The van der Waals surface area contributed by atoms with E-state index in [1.807, 2.05) is 25.1 Å². The lowest BCUT2D eigenvalue weighted by atomic mass is 10.2. The standard InChI is InChI=1S/C20H24N2O5/c1-15-5-3-6-18(13-15)27-14-20(24)22-21-19(23)7-4-12-26-17-10-8-16(25-2)9-11-17/h3,5-6,8-11,13H,4,7,12,14H2,1-2H3,(H,21,23)(H,22,24). The molecule has 0 aromatic heterocycles. The summed E-state index contributed by atoms with van der Waals surface area (Å²) in [6, 6.07) is 14.6. The predicted molar refractivity (Wildman–Crippen MR) is 101 cm³/mol. The van der Waals surface area contributed by atoms with Crippen LogP contribution in [0, 0.1) is 6.92 Å². The van der Waals surface area contributed by atoms with Crippen molar-refractivity contribution < 1.29 is 23.8 Å². The van der Waals surface area contributed by atoms with E-state index in [9.17, 15) is 9.59 Å². The molecule has 2 aromatic carbocycles. The number of carbonyl (C=O) groups is 2. The number of rotatable bonds is 9. The molecule has 0 heterocycles. The number of hydrogen-bond acceptors (Lipinski definition) is 5. The topological polar surface area (TPSA) is 85.9 Å². The van der Waals surface area contributed by atoms with Gasteiger partial charge >= 0.3 is 0 Å². The summed E-state index contributed by atoms with van der Waals surface area (Å²) in [5.74, 6) is 1.34. The molecule has 0 aliphatic carbocycles.